The first-order valence-electron chi connectivity index (χ1n) is 5.58. The zero-order valence-electron chi connectivity index (χ0n) is 9.86. The Morgan fingerprint density at radius 3 is 2.82 bits per heavy atom. The number of hydrogen-bond donors (Lipinski definition) is 1. The second-order valence-electron chi connectivity index (χ2n) is 3.82. The highest BCUT2D eigenvalue weighted by molar-refractivity contribution is 5.98. The van der Waals surface area contributed by atoms with Crippen molar-refractivity contribution < 1.29 is 19.4 Å². The zero-order chi connectivity index (χ0) is 12.7. The number of allylic oxidation sites excluding steroid dienone is 1. The van der Waals surface area contributed by atoms with Crippen LogP contribution in [0.5, 0.6) is 0 Å². The van der Waals surface area contributed by atoms with Crippen molar-refractivity contribution in [1.82, 2.24) is 0 Å². The maximum atomic E-state index is 11.3. The molecule has 1 aliphatic rings. The molecule has 17 heavy (non-hydrogen) atoms. The van der Waals surface area contributed by atoms with Gasteiger partial charge in [-0.3, -0.25) is 9.59 Å². The lowest BCUT2D eigenvalue weighted by molar-refractivity contribution is -0.140. The summed E-state index contributed by atoms with van der Waals surface area (Å²) in [4.78, 5) is 22.1. The molecule has 1 aliphatic carbocycles. The van der Waals surface area contributed by atoms with Crippen molar-refractivity contribution in [2.75, 3.05) is 7.11 Å². The van der Waals surface area contributed by atoms with E-state index in [4.69, 9.17) is 0 Å². The van der Waals surface area contributed by atoms with Gasteiger partial charge in [0.15, 0.2) is 5.78 Å². The molecule has 0 radical (unpaired) electrons. The summed E-state index contributed by atoms with van der Waals surface area (Å²) in [6, 6.07) is 0. The summed E-state index contributed by atoms with van der Waals surface area (Å²) in [5.41, 5.74) is 0.666. The van der Waals surface area contributed by atoms with Gasteiger partial charge in [0.05, 0.1) is 19.6 Å². The van der Waals surface area contributed by atoms with Crippen LogP contribution < -0.4 is 0 Å². The van der Waals surface area contributed by atoms with Crippen molar-refractivity contribution in [3.63, 3.8) is 0 Å². The minimum atomic E-state index is -0.621. The van der Waals surface area contributed by atoms with Gasteiger partial charge in [-0.05, 0) is 18.1 Å². The molecule has 0 saturated heterocycles. The van der Waals surface area contributed by atoms with E-state index in [0.717, 1.165) is 0 Å². The van der Waals surface area contributed by atoms with E-state index in [1.54, 1.807) is 6.08 Å². The van der Waals surface area contributed by atoms with Gasteiger partial charge in [0.25, 0.3) is 0 Å². The number of ketones is 1. The normalized spacial score (nSPS) is 18.4. The van der Waals surface area contributed by atoms with Gasteiger partial charge in [0.2, 0.25) is 0 Å². The average molecular weight is 236 g/mol. The molecule has 1 N–H and O–H groups in total. The van der Waals surface area contributed by atoms with Crippen LogP contribution in [0, 0.1) is 11.8 Å². The van der Waals surface area contributed by atoms with E-state index >= 15 is 0 Å². The summed E-state index contributed by atoms with van der Waals surface area (Å²) in [6.45, 7) is 0. The molecule has 0 fully saturated rings. The maximum Gasteiger partial charge on any atom is 0.306 e. The van der Waals surface area contributed by atoms with Crippen LogP contribution in [0.2, 0.25) is 0 Å². The van der Waals surface area contributed by atoms with Gasteiger partial charge in [-0.15, -0.1) is 11.8 Å². The van der Waals surface area contributed by atoms with Gasteiger partial charge < -0.3 is 9.84 Å². The molecule has 1 rings (SSSR count). The second kappa shape index (κ2) is 6.87. The molecule has 92 valence electrons. The lowest BCUT2D eigenvalue weighted by Gasteiger charge is -1.94. The number of hydrogen-bond acceptors (Lipinski definition) is 4. The van der Waals surface area contributed by atoms with Crippen molar-refractivity contribution in [2.24, 2.45) is 0 Å². The Bertz CT molecular complexity index is 384. The van der Waals surface area contributed by atoms with Gasteiger partial charge >= 0.3 is 5.97 Å². The minimum Gasteiger partial charge on any atom is -0.469 e. The Morgan fingerprint density at radius 2 is 2.24 bits per heavy atom. The van der Waals surface area contributed by atoms with E-state index in [1.165, 1.54) is 7.11 Å². The zero-order valence-corrected chi connectivity index (χ0v) is 9.86. The van der Waals surface area contributed by atoms with E-state index in [2.05, 4.69) is 16.6 Å². The summed E-state index contributed by atoms with van der Waals surface area (Å²) in [5, 5.41) is 9.21. The molecule has 0 unspecified atom stereocenters. The smallest absolute Gasteiger partial charge is 0.306 e. The largest absolute Gasteiger partial charge is 0.469 e. The van der Waals surface area contributed by atoms with E-state index in [-0.39, 0.29) is 18.2 Å². The van der Waals surface area contributed by atoms with E-state index < -0.39 is 6.10 Å². The highest BCUT2D eigenvalue weighted by atomic mass is 16.5. The summed E-state index contributed by atoms with van der Waals surface area (Å²) < 4.78 is 4.48. The molecule has 0 spiro atoms. The molecule has 0 aromatic carbocycles. The number of esters is 1. The van der Waals surface area contributed by atoms with E-state index in [0.29, 0.717) is 31.3 Å². The quantitative estimate of drug-likeness (QED) is 0.584. The number of aliphatic hydroxyl groups is 1. The first kappa shape index (κ1) is 13.5. The van der Waals surface area contributed by atoms with Crippen LogP contribution in [0.4, 0.5) is 0 Å². The highest BCUT2D eigenvalue weighted by Gasteiger charge is 2.20. The van der Waals surface area contributed by atoms with Crippen LogP contribution in [0.25, 0.3) is 0 Å². The van der Waals surface area contributed by atoms with Crippen LogP contribution in [0.3, 0.4) is 0 Å². The summed E-state index contributed by atoms with van der Waals surface area (Å²) in [7, 11) is 1.35. The van der Waals surface area contributed by atoms with Crippen LogP contribution >= 0.6 is 0 Å². The monoisotopic (exact) mass is 236 g/mol. The first-order valence-corrected chi connectivity index (χ1v) is 5.58. The molecular weight excluding hydrogens is 220 g/mol. The molecule has 0 amide bonds. The summed E-state index contributed by atoms with van der Waals surface area (Å²) >= 11 is 0. The van der Waals surface area contributed by atoms with Crippen molar-refractivity contribution >= 4 is 11.8 Å². The van der Waals surface area contributed by atoms with Crippen molar-refractivity contribution in [3.05, 3.63) is 11.6 Å². The van der Waals surface area contributed by atoms with Crippen LogP contribution in [0.15, 0.2) is 11.6 Å². The molecule has 0 heterocycles. The van der Waals surface area contributed by atoms with Crippen molar-refractivity contribution in [3.8, 4) is 11.8 Å². The number of Topliss-reactive ketones (excluding diaryl/α,β-unsaturated/α-hetero) is 1. The Labute approximate surface area is 101 Å². The Morgan fingerprint density at radius 1 is 1.53 bits per heavy atom. The van der Waals surface area contributed by atoms with Crippen LogP contribution in [-0.4, -0.2) is 30.1 Å². The fraction of sp³-hybridized carbons (Fsp3) is 0.538. The van der Waals surface area contributed by atoms with Gasteiger partial charge in [-0.2, -0.15) is 0 Å². The summed E-state index contributed by atoms with van der Waals surface area (Å²) in [5.74, 6) is 5.48. The number of methoxy groups -OCH3 is 1. The fourth-order valence-corrected chi connectivity index (χ4v) is 1.57. The van der Waals surface area contributed by atoms with Crippen LogP contribution in [0.1, 0.15) is 32.1 Å². The molecule has 0 bridgehead atoms. The third-order valence-electron chi connectivity index (χ3n) is 2.47. The van der Waals surface area contributed by atoms with Gasteiger partial charge in [-0.25, -0.2) is 0 Å². The van der Waals surface area contributed by atoms with Crippen molar-refractivity contribution in [2.45, 2.75) is 38.2 Å². The number of rotatable bonds is 4. The topological polar surface area (TPSA) is 63.6 Å². The predicted octanol–water partition coefficient (Wildman–Crippen LogP) is 0.983. The lowest BCUT2D eigenvalue weighted by Crippen LogP contribution is -2.01. The minimum absolute atomic E-state index is 0.00820. The second-order valence-corrected chi connectivity index (χ2v) is 3.82. The first-order chi connectivity index (χ1) is 8.13. The molecule has 0 aromatic heterocycles. The summed E-state index contributed by atoms with van der Waals surface area (Å²) in [6.07, 6.45) is 3.09. The van der Waals surface area contributed by atoms with Gasteiger partial charge in [-0.1, -0.05) is 0 Å². The molecular formula is C13H16O4. The molecule has 0 aliphatic heterocycles. The SMILES string of the molecule is COC(=O)CCC#CCCC1=C[C@H](O)CC1=O. The highest BCUT2D eigenvalue weighted by Crippen LogP contribution is 2.18. The number of aliphatic hydroxyl groups excluding tert-OH is 1. The number of ether oxygens (including phenoxy) is 1. The maximum absolute atomic E-state index is 11.3. The third kappa shape index (κ3) is 4.83. The number of carbonyl (C=O) groups is 2. The Balaban J connectivity index is 2.20. The molecule has 0 saturated carbocycles. The predicted molar refractivity (Wildman–Crippen MR) is 62.0 cm³/mol. The number of carbonyl (C=O) groups excluding carboxylic acids is 2. The standard InChI is InChI=1S/C13H16O4/c1-17-13(16)7-5-3-2-4-6-10-8-11(14)9-12(10)15/h8,11,14H,4-7,9H2,1H3/t11-/m0/s1. The Hall–Kier alpha value is -1.60. The Kier molecular flexibility index (Phi) is 5.44. The lowest BCUT2D eigenvalue weighted by atomic mass is 10.1. The van der Waals surface area contributed by atoms with Crippen LogP contribution in [-0.2, 0) is 14.3 Å². The fourth-order valence-electron chi connectivity index (χ4n) is 1.57. The molecule has 4 nitrogen and oxygen atoms in total. The van der Waals surface area contributed by atoms with Gasteiger partial charge in [0.1, 0.15) is 0 Å². The van der Waals surface area contributed by atoms with Gasteiger partial charge in [0, 0.05) is 19.3 Å². The molecule has 1 atom stereocenters. The van der Waals surface area contributed by atoms with E-state index in [9.17, 15) is 14.7 Å². The van der Waals surface area contributed by atoms with E-state index in [1.807, 2.05) is 0 Å². The average Bonchev–Trinajstić information content (AvgIpc) is 2.62. The molecule has 4 heteroatoms. The van der Waals surface area contributed by atoms with Crippen molar-refractivity contribution in [1.29, 1.82) is 0 Å². The molecule has 0 aromatic rings. The third-order valence-corrected chi connectivity index (χ3v) is 2.47.